The van der Waals surface area contributed by atoms with Crippen molar-refractivity contribution in [2.45, 2.75) is 13.5 Å². The molecule has 0 fully saturated rings. The number of nitrogens with one attached hydrogen (secondary N) is 1. The van der Waals surface area contributed by atoms with Gasteiger partial charge in [-0.25, -0.2) is 10.8 Å². The Morgan fingerprint density at radius 1 is 1.47 bits per heavy atom. The number of hydrazine groups is 1. The molecular weight excluding hydrogens is 264 g/mol. The standard InChI is InChI=1S/C11H12N6OS/c1-2-17-6-7(5-13-17)18-10-9-8(3-4-19-9)14-11(15-10)16-12/h3-6H,2,12H2,1H3,(H,14,15,16). The van der Waals surface area contributed by atoms with Crippen molar-refractivity contribution in [1.29, 1.82) is 0 Å². The summed E-state index contributed by atoms with van der Waals surface area (Å²) in [5.74, 6) is 6.79. The summed E-state index contributed by atoms with van der Waals surface area (Å²) in [5, 5.41) is 6.09. The topological polar surface area (TPSA) is 90.9 Å². The van der Waals surface area contributed by atoms with Crippen molar-refractivity contribution in [3.8, 4) is 11.6 Å². The van der Waals surface area contributed by atoms with Crippen LogP contribution in [0.1, 0.15) is 6.92 Å². The predicted octanol–water partition coefficient (Wildman–Crippen LogP) is 1.99. The van der Waals surface area contributed by atoms with Gasteiger partial charge in [0.2, 0.25) is 11.8 Å². The Balaban J connectivity index is 2.01. The minimum absolute atomic E-state index is 0.323. The molecule has 0 unspecified atom stereocenters. The number of rotatable bonds is 4. The summed E-state index contributed by atoms with van der Waals surface area (Å²) >= 11 is 1.52. The molecule has 19 heavy (non-hydrogen) atoms. The fraction of sp³-hybridized carbons (Fsp3) is 0.182. The van der Waals surface area contributed by atoms with Crippen molar-refractivity contribution in [3.05, 3.63) is 23.8 Å². The summed E-state index contributed by atoms with van der Waals surface area (Å²) in [6.07, 6.45) is 3.47. The quantitative estimate of drug-likeness (QED) is 0.559. The van der Waals surface area contributed by atoms with Gasteiger partial charge in [0.05, 0.1) is 17.9 Å². The first-order valence-electron chi connectivity index (χ1n) is 5.72. The minimum Gasteiger partial charge on any atom is -0.434 e. The number of hydrogen-bond donors (Lipinski definition) is 2. The van der Waals surface area contributed by atoms with Gasteiger partial charge in [-0.15, -0.1) is 11.3 Å². The Morgan fingerprint density at radius 2 is 2.37 bits per heavy atom. The van der Waals surface area contributed by atoms with Crippen molar-refractivity contribution in [1.82, 2.24) is 19.7 Å². The first-order chi connectivity index (χ1) is 9.30. The molecule has 0 aliphatic rings. The molecule has 0 saturated heterocycles. The van der Waals surface area contributed by atoms with Crippen LogP contribution in [0.5, 0.6) is 11.6 Å². The van der Waals surface area contributed by atoms with Gasteiger partial charge in [-0.3, -0.25) is 10.1 Å². The molecule has 0 amide bonds. The van der Waals surface area contributed by atoms with E-state index in [1.165, 1.54) is 11.3 Å². The highest BCUT2D eigenvalue weighted by Gasteiger charge is 2.11. The van der Waals surface area contributed by atoms with Crippen molar-refractivity contribution in [3.63, 3.8) is 0 Å². The van der Waals surface area contributed by atoms with E-state index in [2.05, 4.69) is 20.5 Å². The number of nitrogens with zero attached hydrogens (tertiary/aromatic N) is 4. The summed E-state index contributed by atoms with van der Waals surface area (Å²) < 4.78 is 8.42. The SMILES string of the molecule is CCn1cc(Oc2nc(NN)nc3ccsc23)cn1. The molecule has 3 N–H and O–H groups in total. The number of nitrogen functional groups attached to an aromatic ring is 1. The molecule has 8 heteroatoms. The lowest BCUT2D eigenvalue weighted by Gasteiger charge is -2.05. The Bertz CT molecular complexity index is 706. The van der Waals surface area contributed by atoms with E-state index < -0.39 is 0 Å². The zero-order valence-corrected chi connectivity index (χ0v) is 11.0. The third kappa shape index (κ3) is 2.23. The number of aromatic nitrogens is 4. The van der Waals surface area contributed by atoms with Crippen LogP contribution in [-0.4, -0.2) is 19.7 Å². The van der Waals surface area contributed by atoms with Gasteiger partial charge >= 0.3 is 0 Å². The van der Waals surface area contributed by atoms with Crippen molar-refractivity contribution in [2.24, 2.45) is 5.84 Å². The van der Waals surface area contributed by atoms with E-state index in [0.717, 1.165) is 16.8 Å². The molecule has 3 aromatic heterocycles. The van der Waals surface area contributed by atoms with Crippen LogP contribution in [0.2, 0.25) is 0 Å². The van der Waals surface area contributed by atoms with E-state index in [1.54, 1.807) is 10.9 Å². The summed E-state index contributed by atoms with van der Waals surface area (Å²) in [6.45, 7) is 2.80. The molecule has 0 aliphatic carbocycles. The summed E-state index contributed by atoms with van der Waals surface area (Å²) in [5.41, 5.74) is 3.23. The lowest BCUT2D eigenvalue weighted by Crippen LogP contribution is -2.10. The third-order valence-electron chi connectivity index (χ3n) is 2.55. The zero-order chi connectivity index (χ0) is 13.2. The Morgan fingerprint density at radius 3 is 3.11 bits per heavy atom. The summed E-state index contributed by atoms with van der Waals surface area (Å²) in [7, 11) is 0. The number of ether oxygens (including phenoxy) is 1. The highest BCUT2D eigenvalue weighted by atomic mass is 32.1. The van der Waals surface area contributed by atoms with E-state index in [1.807, 2.05) is 24.6 Å². The molecule has 0 bridgehead atoms. The van der Waals surface area contributed by atoms with Crippen LogP contribution in [0, 0.1) is 0 Å². The van der Waals surface area contributed by atoms with Gasteiger partial charge < -0.3 is 4.74 Å². The first kappa shape index (κ1) is 11.9. The van der Waals surface area contributed by atoms with E-state index in [9.17, 15) is 0 Å². The maximum absolute atomic E-state index is 5.76. The van der Waals surface area contributed by atoms with Gasteiger partial charge in [0.15, 0.2) is 5.75 Å². The second-order valence-electron chi connectivity index (χ2n) is 3.77. The van der Waals surface area contributed by atoms with Crippen molar-refractivity contribution in [2.75, 3.05) is 5.43 Å². The molecule has 3 rings (SSSR count). The van der Waals surface area contributed by atoms with E-state index in [4.69, 9.17) is 10.6 Å². The minimum atomic E-state index is 0.323. The van der Waals surface area contributed by atoms with Crippen LogP contribution in [0.25, 0.3) is 10.2 Å². The average molecular weight is 276 g/mol. The van der Waals surface area contributed by atoms with Crippen LogP contribution in [0.15, 0.2) is 23.8 Å². The van der Waals surface area contributed by atoms with E-state index in [0.29, 0.717) is 17.6 Å². The molecule has 7 nitrogen and oxygen atoms in total. The fourth-order valence-corrected chi connectivity index (χ4v) is 2.41. The number of thiophene rings is 1. The lowest BCUT2D eigenvalue weighted by atomic mass is 10.4. The maximum atomic E-state index is 5.76. The van der Waals surface area contributed by atoms with E-state index in [-0.39, 0.29) is 0 Å². The van der Waals surface area contributed by atoms with Crippen molar-refractivity contribution >= 4 is 27.5 Å². The molecule has 3 heterocycles. The van der Waals surface area contributed by atoms with Crippen LogP contribution in [0.4, 0.5) is 5.95 Å². The number of fused-ring (bicyclic) bond motifs is 1. The highest BCUT2D eigenvalue weighted by molar-refractivity contribution is 7.17. The number of nitrogens with two attached hydrogens (primary N) is 1. The monoisotopic (exact) mass is 276 g/mol. The normalized spacial score (nSPS) is 10.8. The third-order valence-corrected chi connectivity index (χ3v) is 3.44. The fourth-order valence-electron chi connectivity index (χ4n) is 1.65. The van der Waals surface area contributed by atoms with Gasteiger partial charge in [-0.1, -0.05) is 0 Å². The van der Waals surface area contributed by atoms with Crippen molar-refractivity contribution < 1.29 is 4.74 Å². The molecule has 3 aromatic rings. The first-order valence-corrected chi connectivity index (χ1v) is 6.60. The molecule has 0 atom stereocenters. The van der Waals surface area contributed by atoms with Gasteiger partial charge in [0.1, 0.15) is 4.70 Å². The molecule has 0 aromatic carbocycles. The van der Waals surface area contributed by atoms with Crippen LogP contribution in [-0.2, 0) is 6.54 Å². The second kappa shape index (κ2) is 4.82. The number of hydrogen-bond acceptors (Lipinski definition) is 7. The Hall–Kier alpha value is -2.19. The molecule has 0 saturated carbocycles. The van der Waals surface area contributed by atoms with E-state index >= 15 is 0 Å². The second-order valence-corrected chi connectivity index (χ2v) is 4.68. The Kier molecular flexibility index (Phi) is 3.02. The van der Waals surface area contributed by atoms with Crippen LogP contribution >= 0.6 is 11.3 Å². The van der Waals surface area contributed by atoms with Crippen LogP contribution < -0.4 is 16.0 Å². The highest BCUT2D eigenvalue weighted by Crippen LogP contribution is 2.31. The summed E-state index contributed by atoms with van der Waals surface area (Å²) in [6, 6.07) is 1.89. The zero-order valence-electron chi connectivity index (χ0n) is 10.2. The van der Waals surface area contributed by atoms with Gasteiger partial charge in [0, 0.05) is 6.54 Å². The smallest absolute Gasteiger partial charge is 0.242 e. The molecule has 0 aliphatic heterocycles. The van der Waals surface area contributed by atoms with Gasteiger partial charge in [0.25, 0.3) is 0 Å². The lowest BCUT2D eigenvalue weighted by molar-refractivity contribution is 0.468. The number of aryl methyl sites for hydroxylation is 1. The number of anilines is 1. The summed E-state index contributed by atoms with van der Waals surface area (Å²) in [4.78, 5) is 8.47. The molecular formula is C11H12N6OS. The van der Waals surface area contributed by atoms with Crippen LogP contribution in [0.3, 0.4) is 0 Å². The average Bonchev–Trinajstić information content (AvgIpc) is 3.06. The molecule has 98 valence electrons. The largest absolute Gasteiger partial charge is 0.434 e. The van der Waals surface area contributed by atoms with Gasteiger partial charge in [-0.05, 0) is 18.4 Å². The molecule has 0 spiro atoms. The molecule has 0 radical (unpaired) electrons. The van der Waals surface area contributed by atoms with Gasteiger partial charge in [-0.2, -0.15) is 10.1 Å². The predicted molar refractivity (Wildman–Crippen MR) is 73.2 cm³/mol. The Labute approximate surface area is 113 Å². The maximum Gasteiger partial charge on any atom is 0.242 e.